The van der Waals surface area contributed by atoms with Crippen molar-refractivity contribution in [2.45, 2.75) is 6.54 Å². The summed E-state index contributed by atoms with van der Waals surface area (Å²) in [5.74, 6) is 0.581. The lowest BCUT2D eigenvalue weighted by Crippen LogP contribution is -2.31. The molecule has 0 aliphatic rings. The molecule has 0 saturated heterocycles. The highest BCUT2D eigenvalue weighted by molar-refractivity contribution is 5.80. The van der Waals surface area contributed by atoms with Crippen LogP contribution in [0.15, 0.2) is 60.1 Å². The predicted molar refractivity (Wildman–Crippen MR) is 82.4 cm³/mol. The van der Waals surface area contributed by atoms with E-state index in [0.29, 0.717) is 12.3 Å². The number of fused-ring (bicyclic) bond motifs is 1. The second kappa shape index (κ2) is 6.49. The smallest absolute Gasteiger partial charge is 0.333 e. The molecule has 22 heavy (non-hydrogen) atoms. The van der Waals surface area contributed by atoms with E-state index >= 15 is 0 Å². The molecule has 0 atom stereocenters. The Morgan fingerprint density at radius 1 is 1.23 bits per heavy atom. The van der Waals surface area contributed by atoms with Gasteiger partial charge in [0.05, 0.1) is 18.1 Å². The molecular weight excluding hydrogens is 280 g/mol. The third kappa shape index (κ3) is 3.26. The molecule has 7 heteroatoms. The van der Waals surface area contributed by atoms with Crippen LogP contribution >= 0.6 is 0 Å². The normalized spacial score (nSPS) is 10.9. The maximum absolute atomic E-state index is 11.6. The van der Waals surface area contributed by atoms with E-state index in [9.17, 15) is 4.79 Å². The van der Waals surface area contributed by atoms with Gasteiger partial charge in [-0.2, -0.15) is 5.10 Å². The van der Waals surface area contributed by atoms with E-state index in [0.717, 1.165) is 11.3 Å². The number of aromatic nitrogens is 3. The first-order valence-corrected chi connectivity index (χ1v) is 6.72. The molecule has 1 aromatic carbocycles. The van der Waals surface area contributed by atoms with Crippen molar-refractivity contribution in [2.75, 3.05) is 0 Å². The number of imidazole rings is 1. The highest BCUT2D eigenvalue weighted by atomic mass is 16.2. The molecule has 0 bridgehead atoms. The average molecular weight is 294 g/mol. The summed E-state index contributed by atoms with van der Waals surface area (Å²) in [6.07, 6.45) is 6.64. The van der Waals surface area contributed by atoms with Crippen LogP contribution < -0.4 is 10.7 Å². The molecule has 0 spiro atoms. The topological polar surface area (TPSA) is 83.7 Å². The first kappa shape index (κ1) is 13.7. The lowest BCUT2D eigenvalue weighted by molar-refractivity contribution is 0.241. The van der Waals surface area contributed by atoms with Crippen molar-refractivity contribution in [3.8, 4) is 0 Å². The van der Waals surface area contributed by atoms with Crippen LogP contribution in [0.2, 0.25) is 0 Å². The lowest BCUT2D eigenvalue weighted by Gasteiger charge is -2.03. The van der Waals surface area contributed by atoms with Crippen LogP contribution in [0.1, 0.15) is 11.3 Å². The maximum atomic E-state index is 11.6. The first-order valence-electron chi connectivity index (χ1n) is 6.72. The SMILES string of the molecule is O=C(NCc1ccccc1)N/N=C/c1cnc2ncccn12. The van der Waals surface area contributed by atoms with E-state index in [4.69, 9.17) is 0 Å². The summed E-state index contributed by atoms with van der Waals surface area (Å²) < 4.78 is 1.77. The van der Waals surface area contributed by atoms with Gasteiger partial charge in [0, 0.05) is 18.9 Å². The van der Waals surface area contributed by atoms with Gasteiger partial charge in [0.25, 0.3) is 0 Å². The summed E-state index contributed by atoms with van der Waals surface area (Å²) in [7, 11) is 0. The van der Waals surface area contributed by atoms with Crippen LogP contribution in [0, 0.1) is 0 Å². The number of hydrazone groups is 1. The minimum absolute atomic E-state index is 0.368. The van der Waals surface area contributed by atoms with Gasteiger partial charge in [-0.15, -0.1) is 0 Å². The number of hydrogen-bond acceptors (Lipinski definition) is 4. The molecule has 2 N–H and O–H groups in total. The average Bonchev–Trinajstić information content (AvgIpc) is 2.97. The zero-order valence-corrected chi connectivity index (χ0v) is 11.7. The molecule has 0 saturated carbocycles. The maximum Gasteiger partial charge on any atom is 0.335 e. The summed E-state index contributed by atoms with van der Waals surface area (Å²) in [5.41, 5.74) is 4.16. The van der Waals surface area contributed by atoms with E-state index in [1.54, 1.807) is 22.9 Å². The van der Waals surface area contributed by atoms with Gasteiger partial charge >= 0.3 is 6.03 Å². The summed E-state index contributed by atoms with van der Waals surface area (Å²) in [4.78, 5) is 19.9. The van der Waals surface area contributed by atoms with Gasteiger partial charge in [0.1, 0.15) is 0 Å². The Labute approximate surface area is 126 Å². The van der Waals surface area contributed by atoms with Gasteiger partial charge in [-0.3, -0.25) is 4.40 Å². The van der Waals surface area contributed by atoms with Crippen molar-refractivity contribution in [1.29, 1.82) is 0 Å². The molecule has 2 aromatic heterocycles. The highest BCUT2D eigenvalue weighted by Gasteiger charge is 2.01. The Hall–Kier alpha value is -3.22. The third-order valence-corrected chi connectivity index (χ3v) is 2.98. The monoisotopic (exact) mass is 294 g/mol. The number of urea groups is 1. The highest BCUT2D eigenvalue weighted by Crippen LogP contribution is 2.00. The molecule has 3 rings (SSSR count). The second-order valence-corrected chi connectivity index (χ2v) is 4.51. The Morgan fingerprint density at radius 2 is 2.09 bits per heavy atom. The number of rotatable bonds is 4. The van der Waals surface area contributed by atoms with Gasteiger partial charge in [-0.05, 0) is 11.6 Å². The number of hydrogen-bond donors (Lipinski definition) is 2. The number of nitrogens with one attached hydrogen (secondary N) is 2. The molecule has 0 fully saturated rings. The molecule has 0 unspecified atom stereocenters. The summed E-state index contributed by atoms with van der Waals surface area (Å²) in [6.45, 7) is 0.446. The van der Waals surface area contributed by atoms with Crippen LogP contribution in [0.4, 0.5) is 4.79 Å². The summed E-state index contributed by atoms with van der Waals surface area (Å²) >= 11 is 0. The summed E-state index contributed by atoms with van der Waals surface area (Å²) in [6, 6.07) is 11.1. The van der Waals surface area contributed by atoms with E-state index in [-0.39, 0.29) is 6.03 Å². The van der Waals surface area contributed by atoms with Crippen LogP contribution in [0.25, 0.3) is 5.78 Å². The molecule has 0 aliphatic carbocycles. The van der Waals surface area contributed by atoms with E-state index < -0.39 is 0 Å². The lowest BCUT2D eigenvalue weighted by atomic mass is 10.2. The van der Waals surface area contributed by atoms with Crippen molar-refractivity contribution < 1.29 is 4.79 Å². The standard InChI is InChI=1S/C15H14N6O/c22-15(18-9-12-5-2-1-3-6-12)20-19-11-13-10-17-14-16-7-4-8-21(13)14/h1-8,10-11H,9H2,(H2,18,20,22)/b19-11+. The van der Waals surface area contributed by atoms with Crippen molar-refractivity contribution in [2.24, 2.45) is 5.10 Å². The molecular formula is C15H14N6O. The molecule has 7 nitrogen and oxygen atoms in total. The molecule has 2 heterocycles. The summed E-state index contributed by atoms with van der Waals surface area (Å²) in [5, 5.41) is 6.62. The Bertz CT molecular complexity index is 796. The second-order valence-electron chi connectivity index (χ2n) is 4.51. The largest absolute Gasteiger partial charge is 0.335 e. The van der Waals surface area contributed by atoms with Crippen molar-refractivity contribution in [3.05, 3.63) is 66.2 Å². The van der Waals surface area contributed by atoms with Gasteiger partial charge < -0.3 is 5.32 Å². The van der Waals surface area contributed by atoms with E-state index in [1.165, 1.54) is 6.21 Å². The predicted octanol–water partition coefficient (Wildman–Crippen LogP) is 1.56. The Morgan fingerprint density at radius 3 is 2.95 bits per heavy atom. The van der Waals surface area contributed by atoms with Gasteiger partial charge in [-0.25, -0.2) is 20.2 Å². The van der Waals surface area contributed by atoms with Crippen LogP contribution in [0.3, 0.4) is 0 Å². The van der Waals surface area contributed by atoms with Gasteiger partial charge in [-0.1, -0.05) is 30.3 Å². The quantitative estimate of drug-likeness (QED) is 0.566. The molecule has 0 radical (unpaired) electrons. The van der Waals surface area contributed by atoms with Crippen LogP contribution in [0.5, 0.6) is 0 Å². The van der Waals surface area contributed by atoms with E-state index in [1.807, 2.05) is 36.5 Å². The fraction of sp³-hybridized carbons (Fsp3) is 0.0667. The Kier molecular flexibility index (Phi) is 4.05. The van der Waals surface area contributed by atoms with E-state index in [2.05, 4.69) is 25.8 Å². The fourth-order valence-electron chi connectivity index (χ4n) is 1.92. The number of carbonyl (C=O) groups is 1. The number of benzene rings is 1. The zero-order chi connectivity index (χ0) is 15.2. The number of nitrogens with zero attached hydrogens (tertiary/aromatic N) is 4. The number of amides is 2. The van der Waals surface area contributed by atoms with Crippen molar-refractivity contribution in [3.63, 3.8) is 0 Å². The number of carbonyl (C=O) groups excluding carboxylic acids is 1. The first-order chi connectivity index (χ1) is 10.8. The van der Waals surface area contributed by atoms with Gasteiger partial charge in [0.15, 0.2) is 0 Å². The van der Waals surface area contributed by atoms with Crippen LogP contribution in [-0.4, -0.2) is 26.6 Å². The van der Waals surface area contributed by atoms with Crippen LogP contribution in [-0.2, 0) is 6.54 Å². The fourth-order valence-corrected chi connectivity index (χ4v) is 1.92. The third-order valence-electron chi connectivity index (χ3n) is 2.98. The molecule has 0 aliphatic heterocycles. The molecule has 110 valence electrons. The minimum Gasteiger partial charge on any atom is -0.333 e. The van der Waals surface area contributed by atoms with Gasteiger partial charge in [0.2, 0.25) is 5.78 Å². The van der Waals surface area contributed by atoms with Crippen molar-refractivity contribution >= 4 is 18.0 Å². The van der Waals surface area contributed by atoms with Crippen molar-refractivity contribution in [1.82, 2.24) is 25.1 Å². The Balaban J connectivity index is 1.54. The zero-order valence-electron chi connectivity index (χ0n) is 11.7. The minimum atomic E-state index is -0.368. The molecule has 3 aromatic rings. The molecule has 2 amide bonds.